The summed E-state index contributed by atoms with van der Waals surface area (Å²) in [6.07, 6.45) is 0.493. The van der Waals surface area contributed by atoms with Crippen molar-refractivity contribution in [3.05, 3.63) is 75.3 Å². The van der Waals surface area contributed by atoms with Crippen molar-refractivity contribution >= 4 is 23.1 Å². The highest BCUT2D eigenvalue weighted by molar-refractivity contribution is 6.46. The van der Waals surface area contributed by atoms with Crippen LogP contribution in [0.25, 0.3) is 5.76 Å². The van der Waals surface area contributed by atoms with E-state index >= 15 is 0 Å². The summed E-state index contributed by atoms with van der Waals surface area (Å²) in [4.78, 5) is 37.4. The largest absolute Gasteiger partial charge is 0.508 e. The van der Waals surface area contributed by atoms with Gasteiger partial charge in [0.2, 0.25) is 0 Å². The summed E-state index contributed by atoms with van der Waals surface area (Å²) >= 11 is 0. The van der Waals surface area contributed by atoms with E-state index in [0.717, 1.165) is 0 Å². The van der Waals surface area contributed by atoms with Crippen molar-refractivity contribution < 1.29 is 29.5 Å². The maximum atomic E-state index is 12.9. The van der Waals surface area contributed by atoms with Crippen LogP contribution in [0.15, 0.2) is 54.1 Å². The Balaban J connectivity index is 2.03. The number of nitro benzene ring substituents is 1. The molecule has 2 aromatic rings. The molecule has 0 bridgehead atoms. The van der Waals surface area contributed by atoms with Crippen LogP contribution in [0.3, 0.4) is 0 Å². The summed E-state index contributed by atoms with van der Waals surface area (Å²) < 4.78 is 5.52. The van der Waals surface area contributed by atoms with Crippen molar-refractivity contribution in [1.29, 1.82) is 0 Å². The quantitative estimate of drug-likeness (QED) is 0.160. The number of ketones is 1. The van der Waals surface area contributed by atoms with Crippen molar-refractivity contribution in [2.45, 2.75) is 32.4 Å². The fourth-order valence-corrected chi connectivity index (χ4v) is 3.60. The van der Waals surface area contributed by atoms with Gasteiger partial charge in [-0.05, 0) is 50.1 Å². The Morgan fingerprint density at radius 2 is 1.88 bits per heavy atom. The first kappa shape index (κ1) is 23.0. The number of carbonyl (C=O) groups excluding carboxylic acids is 2. The zero-order valence-corrected chi connectivity index (χ0v) is 17.7. The predicted octanol–water partition coefficient (Wildman–Crippen LogP) is 3.54. The third kappa shape index (κ3) is 4.78. The molecule has 1 amide bonds. The molecule has 9 nitrogen and oxygen atoms in total. The lowest BCUT2D eigenvalue weighted by molar-refractivity contribution is -0.384. The summed E-state index contributed by atoms with van der Waals surface area (Å²) in [6.45, 7) is 4.37. The molecule has 1 heterocycles. The molecule has 1 atom stereocenters. The zero-order valence-electron chi connectivity index (χ0n) is 17.7. The number of hydrogen-bond donors (Lipinski definition) is 2. The molecule has 1 unspecified atom stereocenters. The fourth-order valence-electron chi connectivity index (χ4n) is 3.60. The predicted molar refractivity (Wildman–Crippen MR) is 116 cm³/mol. The number of amides is 1. The van der Waals surface area contributed by atoms with E-state index in [9.17, 15) is 29.9 Å². The van der Waals surface area contributed by atoms with Crippen molar-refractivity contribution in [2.24, 2.45) is 0 Å². The molecule has 1 aliphatic heterocycles. The molecule has 1 aliphatic rings. The van der Waals surface area contributed by atoms with Crippen molar-refractivity contribution in [2.75, 3.05) is 13.2 Å². The lowest BCUT2D eigenvalue weighted by atomic mass is 9.95. The van der Waals surface area contributed by atoms with Crippen LogP contribution in [0.1, 0.15) is 37.4 Å². The second kappa shape index (κ2) is 9.61. The summed E-state index contributed by atoms with van der Waals surface area (Å²) in [5.74, 6) is -2.12. The molecule has 168 valence electrons. The van der Waals surface area contributed by atoms with Gasteiger partial charge in [-0.1, -0.05) is 12.1 Å². The molecule has 0 spiro atoms. The number of phenolic OH excluding ortho intramolecular Hbond substituents is 1. The van der Waals surface area contributed by atoms with Crippen LogP contribution < -0.4 is 0 Å². The average molecular weight is 440 g/mol. The Kier molecular flexibility index (Phi) is 6.89. The van der Waals surface area contributed by atoms with E-state index in [1.807, 2.05) is 13.8 Å². The highest BCUT2D eigenvalue weighted by Crippen LogP contribution is 2.40. The summed E-state index contributed by atoms with van der Waals surface area (Å²) in [7, 11) is 0. The number of nitrogens with zero attached hydrogens (tertiary/aromatic N) is 2. The smallest absolute Gasteiger partial charge is 0.295 e. The van der Waals surface area contributed by atoms with Gasteiger partial charge >= 0.3 is 0 Å². The van der Waals surface area contributed by atoms with Crippen molar-refractivity contribution in [3.63, 3.8) is 0 Å². The Hall–Kier alpha value is -3.72. The van der Waals surface area contributed by atoms with E-state index in [1.54, 1.807) is 12.1 Å². The molecule has 1 saturated heterocycles. The maximum absolute atomic E-state index is 12.9. The lowest BCUT2D eigenvalue weighted by Gasteiger charge is -2.25. The SMILES string of the molecule is CC(C)OCCCN1C(=O)C(=O)/C(=C(\O)c2ccc([N+](=O)[O-])cc2)C1c1cccc(O)c1. The highest BCUT2D eigenvalue weighted by atomic mass is 16.6. The molecule has 9 heteroatoms. The van der Waals surface area contributed by atoms with Crippen LogP contribution in [0.2, 0.25) is 0 Å². The summed E-state index contributed by atoms with van der Waals surface area (Å²) in [6, 6.07) is 10.2. The van der Waals surface area contributed by atoms with Gasteiger partial charge in [-0.15, -0.1) is 0 Å². The second-order valence-corrected chi connectivity index (χ2v) is 7.66. The van der Waals surface area contributed by atoms with E-state index in [-0.39, 0.29) is 35.2 Å². The molecule has 0 saturated carbocycles. The number of benzene rings is 2. The molecular formula is C23H24N2O7. The van der Waals surface area contributed by atoms with Crippen LogP contribution in [-0.4, -0.2) is 51.0 Å². The molecule has 0 aromatic heterocycles. The van der Waals surface area contributed by atoms with E-state index in [2.05, 4.69) is 0 Å². The number of rotatable bonds is 8. The molecule has 2 aromatic carbocycles. The third-order valence-electron chi connectivity index (χ3n) is 5.07. The number of likely N-dealkylation sites (tertiary alicyclic amines) is 1. The minimum absolute atomic E-state index is 0.0226. The van der Waals surface area contributed by atoms with Crippen LogP contribution in [-0.2, 0) is 14.3 Å². The topological polar surface area (TPSA) is 130 Å². The monoisotopic (exact) mass is 440 g/mol. The van der Waals surface area contributed by atoms with E-state index in [0.29, 0.717) is 18.6 Å². The normalized spacial score (nSPS) is 17.8. The highest BCUT2D eigenvalue weighted by Gasteiger charge is 2.45. The number of aliphatic hydroxyl groups is 1. The number of hydrogen-bond acceptors (Lipinski definition) is 7. The van der Waals surface area contributed by atoms with Crippen LogP contribution in [0.5, 0.6) is 5.75 Å². The first-order chi connectivity index (χ1) is 15.2. The molecule has 3 rings (SSSR count). The van der Waals surface area contributed by atoms with Crippen molar-refractivity contribution in [1.82, 2.24) is 4.90 Å². The molecule has 0 aliphatic carbocycles. The Bertz CT molecular complexity index is 1060. The van der Waals surface area contributed by atoms with Gasteiger partial charge in [-0.25, -0.2) is 0 Å². The van der Waals surface area contributed by atoms with Crippen LogP contribution in [0, 0.1) is 10.1 Å². The average Bonchev–Trinajstić information content (AvgIpc) is 3.01. The van der Waals surface area contributed by atoms with Gasteiger partial charge in [-0.2, -0.15) is 0 Å². The van der Waals surface area contributed by atoms with Gasteiger partial charge in [-0.3, -0.25) is 19.7 Å². The number of non-ortho nitro benzene ring substituents is 1. The second-order valence-electron chi connectivity index (χ2n) is 7.66. The fraction of sp³-hybridized carbons (Fsp3) is 0.304. The van der Waals surface area contributed by atoms with Gasteiger partial charge < -0.3 is 19.8 Å². The molecule has 1 fully saturated rings. The first-order valence-electron chi connectivity index (χ1n) is 10.1. The molecule has 0 radical (unpaired) electrons. The summed E-state index contributed by atoms with van der Waals surface area (Å²) in [5, 5.41) is 31.8. The third-order valence-corrected chi connectivity index (χ3v) is 5.07. The number of Topliss-reactive ketones (excluding diaryl/α,β-unsaturated/α-hetero) is 1. The number of ether oxygens (including phenoxy) is 1. The van der Waals surface area contributed by atoms with Gasteiger partial charge in [0.25, 0.3) is 17.4 Å². The van der Waals surface area contributed by atoms with Gasteiger partial charge in [0.1, 0.15) is 11.5 Å². The minimum atomic E-state index is -0.920. The van der Waals surface area contributed by atoms with E-state index in [4.69, 9.17) is 4.74 Å². The Morgan fingerprint density at radius 1 is 1.19 bits per heavy atom. The van der Waals surface area contributed by atoms with Crippen molar-refractivity contribution in [3.8, 4) is 5.75 Å². The Labute approximate surface area is 184 Å². The number of carbonyl (C=O) groups is 2. The van der Waals surface area contributed by atoms with Crippen LogP contribution in [0.4, 0.5) is 5.69 Å². The number of aliphatic hydroxyl groups excluding tert-OH is 1. The minimum Gasteiger partial charge on any atom is -0.508 e. The van der Waals surface area contributed by atoms with Gasteiger partial charge in [0.05, 0.1) is 22.6 Å². The number of phenols is 1. The van der Waals surface area contributed by atoms with Crippen LogP contribution >= 0.6 is 0 Å². The number of nitro groups is 1. The standard InChI is InChI=1S/C23H24N2O7/c1-14(2)32-12-4-11-24-20(16-5-3-6-18(26)13-16)19(22(28)23(24)29)21(27)15-7-9-17(10-8-15)25(30)31/h3,5-10,13-14,20,26-27H,4,11-12H2,1-2H3/b21-19-. The molecule has 2 N–H and O–H groups in total. The lowest BCUT2D eigenvalue weighted by Crippen LogP contribution is -2.31. The maximum Gasteiger partial charge on any atom is 0.295 e. The Morgan fingerprint density at radius 3 is 2.47 bits per heavy atom. The molecular weight excluding hydrogens is 416 g/mol. The zero-order chi connectivity index (χ0) is 23.4. The van der Waals surface area contributed by atoms with Gasteiger partial charge in [0, 0.05) is 30.8 Å². The number of aromatic hydroxyl groups is 1. The van der Waals surface area contributed by atoms with E-state index < -0.39 is 28.4 Å². The van der Waals surface area contributed by atoms with Gasteiger partial charge in [0.15, 0.2) is 0 Å². The molecule has 32 heavy (non-hydrogen) atoms. The summed E-state index contributed by atoms with van der Waals surface area (Å²) in [5.41, 5.74) is 0.315. The first-order valence-corrected chi connectivity index (χ1v) is 10.1. The van der Waals surface area contributed by atoms with E-state index in [1.165, 1.54) is 41.3 Å².